The SMILES string of the molecule is Cc1cc(C)n(-c2ccc(C(=O)N3CCNCC3)cn2)n1.Cl. The van der Waals surface area contributed by atoms with E-state index in [-0.39, 0.29) is 18.3 Å². The summed E-state index contributed by atoms with van der Waals surface area (Å²) in [6.45, 7) is 7.13. The summed E-state index contributed by atoms with van der Waals surface area (Å²) in [7, 11) is 0. The van der Waals surface area contributed by atoms with Crippen molar-refractivity contribution in [3.8, 4) is 5.82 Å². The molecular weight excluding hydrogens is 302 g/mol. The normalized spacial score (nSPS) is 14.5. The Hall–Kier alpha value is -1.92. The minimum atomic E-state index is 0. The molecule has 22 heavy (non-hydrogen) atoms. The molecule has 3 rings (SSSR count). The fourth-order valence-corrected chi connectivity index (χ4v) is 2.55. The van der Waals surface area contributed by atoms with Crippen molar-refractivity contribution in [2.75, 3.05) is 26.2 Å². The van der Waals surface area contributed by atoms with Gasteiger partial charge < -0.3 is 10.2 Å². The maximum atomic E-state index is 12.4. The molecule has 1 fully saturated rings. The van der Waals surface area contributed by atoms with E-state index >= 15 is 0 Å². The molecule has 1 aliphatic heterocycles. The molecule has 0 aliphatic carbocycles. The van der Waals surface area contributed by atoms with E-state index in [9.17, 15) is 4.79 Å². The Bertz CT molecular complexity index is 646. The lowest BCUT2D eigenvalue weighted by molar-refractivity contribution is 0.0735. The molecule has 1 aliphatic rings. The minimum Gasteiger partial charge on any atom is -0.336 e. The molecule has 0 spiro atoms. The van der Waals surface area contributed by atoms with Crippen LogP contribution in [0.25, 0.3) is 5.82 Å². The number of carbonyl (C=O) groups is 1. The quantitative estimate of drug-likeness (QED) is 0.907. The average molecular weight is 322 g/mol. The van der Waals surface area contributed by atoms with Crippen LogP contribution in [0.1, 0.15) is 21.7 Å². The first kappa shape index (κ1) is 16.5. The van der Waals surface area contributed by atoms with Crippen LogP contribution < -0.4 is 5.32 Å². The van der Waals surface area contributed by atoms with Gasteiger partial charge in [-0.2, -0.15) is 5.10 Å². The Labute approximate surface area is 135 Å². The summed E-state index contributed by atoms with van der Waals surface area (Å²) in [5.41, 5.74) is 2.61. The Morgan fingerprint density at radius 1 is 1.23 bits per heavy atom. The summed E-state index contributed by atoms with van der Waals surface area (Å²) in [6.07, 6.45) is 1.64. The first-order valence-corrected chi connectivity index (χ1v) is 7.15. The van der Waals surface area contributed by atoms with E-state index in [0.29, 0.717) is 5.56 Å². The van der Waals surface area contributed by atoms with E-state index in [1.807, 2.05) is 36.9 Å². The van der Waals surface area contributed by atoms with Gasteiger partial charge in [0, 0.05) is 38.1 Å². The summed E-state index contributed by atoms with van der Waals surface area (Å²) < 4.78 is 1.79. The number of nitrogens with one attached hydrogen (secondary N) is 1. The molecule has 6 nitrogen and oxygen atoms in total. The number of aromatic nitrogens is 3. The second kappa shape index (κ2) is 6.89. The molecule has 0 atom stereocenters. The summed E-state index contributed by atoms with van der Waals surface area (Å²) in [5.74, 6) is 0.779. The standard InChI is InChI=1S/C15H19N5O.ClH/c1-11-9-12(2)20(18-11)14-4-3-13(10-17-14)15(21)19-7-5-16-6-8-19;/h3-4,9-10,16H,5-8H2,1-2H3;1H. The number of rotatable bonds is 2. The van der Waals surface area contributed by atoms with E-state index < -0.39 is 0 Å². The number of carbonyl (C=O) groups excluding carboxylic acids is 1. The van der Waals surface area contributed by atoms with Crippen molar-refractivity contribution >= 4 is 18.3 Å². The van der Waals surface area contributed by atoms with Gasteiger partial charge in [-0.1, -0.05) is 0 Å². The summed E-state index contributed by atoms with van der Waals surface area (Å²) in [6, 6.07) is 5.67. The van der Waals surface area contributed by atoms with Gasteiger partial charge >= 0.3 is 0 Å². The third-order valence-electron chi connectivity index (χ3n) is 3.63. The number of pyridine rings is 1. The van der Waals surface area contributed by atoms with E-state index in [4.69, 9.17) is 0 Å². The van der Waals surface area contributed by atoms with Crippen molar-refractivity contribution in [3.63, 3.8) is 0 Å². The molecule has 1 saturated heterocycles. The van der Waals surface area contributed by atoms with Crippen LogP contribution in [0.15, 0.2) is 24.4 Å². The van der Waals surface area contributed by atoms with Gasteiger partial charge in [0.1, 0.15) is 0 Å². The molecule has 2 aromatic heterocycles. The number of halogens is 1. The Morgan fingerprint density at radius 3 is 2.50 bits per heavy atom. The number of piperazine rings is 1. The summed E-state index contributed by atoms with van der Waals surface area (Å²) in [4.78, 5) is 18.6. The maximum absolute atomic E-state index is 12.4. The van der Waals surface area contributed by atoms with Gasteiger partial charge in [-0.15, -0.1) is 12.4 Å². The van der Waals surface area contributed by atoms with E-state index in [0.717, 1.165) is 43.4 Å². The zero-order chi connectivity index (χ0) is 14.8. The van der Waals surface area contributed by atoms with E-state index in [1.54, 1.807) is 10.9 Å². The molecule has 0 bridgehead atoms. The van der Waals surface area contributed by atoms with Gasteiger partial charge in [0.25, 0.3) is 5.91 Å². The highest BCUT2D eigenvalue weighted by atomic mass is 35.5. The van der Waals surface area contributed by atoms with Crippen molar-refractivity contribution in [3.05, 3.63) is 41.3 Å². The highest BCUT2D eigenvalue weighted by Crippen LogP contribution is 2.11. The molecule has 3 heterocycles. The second-order valence-corrected chi connectivity index (χ2v) is 5.29. The van der Waals surface area contributed by atoms with Gasteiger partial charge in [-0.05, 0) is 32.0 Å². The Balaban J connectivity index is 0.00000176. The van der Waals surface area contributed by atoms with Gasteiger partial charge in [0.2, 0.25) is 0 Å². The first-order chi connectivity index (χ1) is 10.1. The molecule has 2 aromatic rings. The highest BCUT2D eigenvalue weighted by molar-refractivity contribution is 5.94. The third kappa shape index (κ3) is 3.28. The van der Waals surface area contributed by atoms with Crippen molar-refractivity contribution in [2.24, 2.45) is 0 Å². The zero-order valence-corrected chi connectivity index (χ0v) is 13.6. The molecule has 0 radical (unpaired) electrons. The molecular formula is C15H20ClN5O. The van der Waals surface area contributed by atoms with Gasteiger partial charge in [0.05, 0.1) is 11.3 Å². The predicted octanol–water partition coefficient (Wildman–Crippen LogP) is 1.35. The largest absolute Gasteiger partial charge is 0.336 e. The average Bonchev–Trinajstić information content (AvgIpc) is 2.86. The van der Waals surface area contributed by atoms with Gasteiger partial charge in [-0.3, -0.25) is 4.79 Å². The predicted molar refractivity (Wildman–Crippen MR) is 86.9 cm³/mol. The number of aryl methyl sites for hydroxylation is 2. The summed E-state index contributed by atoms with van der Waals surface area (Å²) in [5, 5.41) is 7.63. The van der Waals surface area contributed by atoms with Gasteiger partial charge in [-0.25, -0.2) is 9.67 Å². The Morgan fingerprint density at radius 2 is 1.95 bits per heavy atom. The monoisotopic (exact) mass is 321 g/mol. The number of nitrogens with zero attached hydrogens (tertiary/aromatic N) is 4. The molecule has 7 heteroatoms. The fourth-order valence-electron chi connectivity index (χ4n) is 2.55. The van der Waals surface area contributed by atoms with Crippen LogP contribution in [-0.2, 0) is 0 Å². The molecule has 1 N–H and O–H groups in total. The summed E-state index contributed by atoms with van der Waals surface area (Å²) >= 11 is 0. The molecule has 0 unspecified atom stereocenters. The van der Waals surface area contributed by atoms with Crippen LogP contribution in [0.3, 0.4) is 0 Å². The lowest BCUT2D eigenvalue weighted by Crippen LogP contribution is -2.46. The number of hydrogen-bond acceptors (Lipinski definition) is 4. The smallest absolute Gasteiger partial charge is 0.255 e. The van der Waals surface area contributed by atoms with Crippen LogP contribution in [0.5, 0.6) is 0 Å². The van der Waals surface area contributed by atoms with Crippen LogP contribution >= 0.6 is 12.4 Å². The van der Waals surface area contributed by atoms with Crippen molar-refractivity contribution in [1.82, 2.24) is 25.0 Å². The lowest BCUT2D eigenvalue weighted by Gasteiger charge is -2.27. The lowest BCUT2D eigenvalue weighted by atomic mass is 10.2. The third-order valence-corrected chi connectivity index (χ3v) is 3.63. The van der Waals surface area contributed by atoms with Crippen LogP contribution in [0.2, 0.25) is 0 Å². The molecule has 118 valence electrons. The van der Waals surface area contributed by atoms with Crippen molar-refractivity contribution < 1.29 is 4.79 Å². The minimum absolute atomic E-state index is 0. The van der Waals surface area contributed by atoms with E-state index in [1.165, 1.54) is 0 Å². The van der Waals surface area contributed by atoms with Crippen LogP contribution in [-0.4, -0.2) is 51.8 Å². The fraction of sp³-hybridized carbons (Fsp3) is 0.400. The molecule has 1 amide bonds. The molecule has 0 saturated carbocycles. The van der Waals surface area contributed by atoms with Crippen LogP contribution in [0, 0.1) is 13.8 Å². The number of amides is 1. The van der Waals surface area contributed by atoms with Crippen LogP contribution in [0.4, 0.5) is 0 Å². The first-order valence-electron chi connectivity index (χ1n) is 7.15. The maximum Gasteiger partial charge on any atom is 0.255 e. The van der Waals surface area contributed by atoms with E-state index in [2.05, 4.69) is 15.4 Å². The molecule has 0 aromatic carbocycles. The topological polar surface area (TPSA) is 63.1 Å². The van der Waals surface area contributed by atoms with Crippen molar-refractivity contribution in [1.29, 1.82) is 0 Å². The Kier molecular flexibility index (Phi) is 5.15. The number of hydrogen-bond donors (Lipinski definition) is 1. The van der Waals surface area contributed by atoms with Gasteiger partial charge in [0.15, 0.2) is 5.82 Å². The second-order valence-electron chi connectivity index (χ2n) is 5.29. The highest BCUT2D eigenvalue weighted by Gasteiger charge is 2.18. The zero-order valence-electron chi connectivity index (χ0n) is 12.7. The van der Waals surface area contributed by atoms with Crippen molar-refractivity contribution in [2.45, 2.75) is 13.8 Å².